The molecular weight excluding hydrogens is 317 g/mol. The molecule has 0 saturated carbocycles. The minimum Gasteiger partial charge on any atom is -0.349 e. The van der Waals surface area contributed by atoms with Crippen molar-refractivity contribution in [1.82, 2.24) is 10.6 Å². The van der Waals surface area contributed by atoms with Crippen molar-refractivity contribution in [2.45, 2.75) is 26.1 Å². The minimum atomic E-state index is -4.34. The molecular formula is C15H20ClF3N2O. The summed E-state index contributed by atoms with van der Waals surface area (Å²) in [5.41, 5.74) is 0.0157. The van der Waals surface area contributed by atoms with Crippen molar-refractivity contribution in [3.05, 3.63) is 35.4 Å². The summed E-state index contributed by atoms with van der Waals surface area (Å²) >= 11 is 0. The maximum Gasteiger partial charge on any atom is 0.416 e. The van der Waals surface area contributed by atoms with Crippen molar-refractivity contribution in [1.29, 1.82) is 0 Å². The van der Waals surface area contributed by atoms with Gasteiger partial charge in [-0.1, -0.05) is 26.0 Å². The van der Waals surface area contributed by atoms with Gasteiger partial charge in [-0.15, -0.1) is 12.4 Å². The van der Waals surface area contributed by atoms with Gasteiger partial charge in [0.1, 0.15) is 0 Å². The molecule has 124 valence electrons. The van der Waals surface area contributed by atoms with E-state index in [4.69, 9.17) is 0 Å². The van der Waals surface area contributed by atoms with Crippen LogP contribution in [0.3, 0.4) is 0 Å². The first-order valence-corrected chi connectivity index (χ1v) is 6.97. The zero-order valence-electron chi connectivity index (χ0n) is 12.4. The Balaban J connectivity index is 0.00000242. The van der Waals surface area contributed by atoms with E-state index in [1.54, 1.807) is 0 Å². The number of amides is 1. The molecule has 0 aromatic heterocycles. The van der Waals surface area contributed by atoms with E-state index in [9.17, 15) is 18.0 Å². The molecule has 7 heteroatoms. The Kier molecular flexibility index (Phi) is 6.26. The Morgan fingerprint density at radius 1 is 1.23 bits per heavy atom. The molecule has 1 amide bonds. The van der Waals surface area contributed by atoms with Gasteiger partial charge in [-0.2, -0.15) is 13.2 Å². The van der Waals surface area contributed by atoms with E-state index in [1.165, 1.54) is 12.1 Å². The second-order valence-corrected chi connectivity index (χ2v) is 5.71. The van der Waals surface area contributed by atoms with Crippen LogP contribution in [0.15, 0.2) is 24.3 Å². The fourth-order valence-corrected chi connectivity index (χ4v) is 2.26. The van der Waals surface area contributed by atoms with Gasteiger partial charge < -0.3 is 10.6 Å². The van der Waals surface area contributed by atoms with Crippen molar-refractivity contribution in [3.8, 4) is 0 Å². The predicted molar refractivity (Wildman–Crippen MR) is 80.8 cm³/mol. The van der Waals surface area contributed by atoms with Gasteiger partial charge in [-0.25, -0.2) is 0 Å². The first-order chi connectivity index (χ1) is 9.79. The third-order valence-electron chi connectivity index (χ3n) is 3.71. The average molecular weight is 337 g/mol. The largest absolute Gasteiger partial charge is 0.416 e. The lowest BCUT2D eigenvalue weighted by molar-refractivity contribution is -0.137. The lowest BCUT2D eigenvalue weighted by Crippen LogP contribution is -2.51. The zero-order chi connectivity index (χ0) is 15.6. The molecule has 1 fully saturated rings. The highest BCUT2D eigenvalue weighted by Gasteiger charge is 2.31. The van der Waals surface area contributed by atoms with Crippen LogP contribution in [0.2, 0.25) is 0 Å². The lowest BCUT2D eigenvalue weighted by atomic mass is 9.93. The molecule has 2 N–H and O–H groups in total. The first-order valence-electron chi connectivity index (χ1n) is 6.97. The van der Waals surface area contributed by atoms with Gasteiger partial charge in [0.2, 0.25) is 5.91 Å². The van der Waals surface area contributed by atoms with E-state index < -0.39 is 11.7 Å². The summed E-state index contributed by atoms with van der Waals surface area (Å²) in [4.78, 5) is 12.0. The van der Waals surface area contributed by atoms with Gasteiger partial charge in [0.25, 0.3) is 0 Å². The molecule has 0 radical (unpaired) electrons. The van der Waals surface area contributed by atoms with Crippen LogP contribution < -0.4 is 10.6 Å². The van der Waals surface area contributed by atoms with Gasteiger partial charge in [0, 0.05) is 13.1 Å². The Hall–Kier alpha value is -1.27. The summed E-state index contributed by atoms with van der Waals surface area (Å²) in [6, 6.07) is 4.71. The van der Waals surface area contributed by atoms with Gasteiger partial charge in [0.05, 0.1) is 17.5 Å². The molecule has 0 bridgehead atoms. The predicted octanol–water partition coefficient (Wildman–Crippen LogP) is 3.16. The average Bonchev–Trinajstić information content (AvgIpc) is 2.32. The quantitative estimate of drug-likeness (QED) is 0.886. The van der Waals surface area contributed by atoms with E-state index in [-0.39, 0.29) is 36.2 Å². The summed E-state index contributed by atoms with van der Waals surface area (Å²) in [5.74, 6) is 0.00627. The Labute approximate surface area is 134 Å². The normalized spacial score (nSPS) is 16.6. The smallest absolute Gasteiger partial charge is 0.349 e. The highest BCUT2D eigenvalue weighted by atomic mass is 35.5. The summed E-state index contributed by atoms with van der Waals surface area (Å²) in [7, 11) is 0. The molecule has 1 atom stereocenters. The van der Waals surface area contributed by atoms with Crippen LogP contribution in [-0.4, -0.2) is 19.0 Å². The fourth-order valence-electron chi connectivity index (χ4n) is 2.26. The van der Waals surface area contributed by atoms with Crippen molar-refractivity contribution < 1.29 is 18.0 Å². The summed E-state index contributed by atoms with van der Waals surface area (Å²) < 4.78 is 37.7. The summed E-state index contributed by atoms with van der Waals surface area (Å²) in [6.07, 6.45) is -4.34. The second kappa shape index (κ2) is 7.33. The number of nitrogens with one attached hydrogen (secondary N) is 2. The molecule has 1 saturated heterocycles. The van der Waals surface area contributed by atoms with Crippen molar-refractivity contribution in [2.75, 3.05) is 13.1 Å². The van der Waals surface area contributed by atoms with Crippen LogP contribution in [0.5, 0.6) is 0 Å². The molecule has 1 unspecified atom stereocenters. The third kappa shape index (κ3) is 4.36. The first kappa shape index (κ1) is 18.8. The lowest BCUT2D eigenvalue weighted by Gasteiger charge is -2.30. The van der Waals surface area contributed by atoms with Crippen LogP contribution in [0.1, 0.15) is 31.0 Å². The third-order valence-corrected chi connectivity index (χ3v) is 3.71. The minimum absolute atomic E-state index is 0. The van der Waals surface area contributed by atoms with Gasteiger partial charge in [-0.05, 0) is 23.6 Å². The van der Waals surface area contributed by atoms with Crippen LogP contribution in [0.25, 0.3) is 0 Å². The molecule has 0 aliphatic carbocycles. The number of alkyl halides is 3. The zero-order valence-corrected chi connectivity index (χ0v) is 13.2. The van der Waals surface area contributed by atoms with Crippen molar-refractivity contribution in [3.63, 3.8) is 0 Å². The number of carbonyl (C=O) groups excluding carboxylic acids is 1. The Morgan fingerprint density at radius 2 is 1.77 bits per heavy atom. The van der Waals surface area contributed by atoms with Crippen molar-refractivity contribution in [2.24, 2.45) is 11.8 Å². The topological polar surface area (TPSA) is 41.1 Å². The van der Waals surface area contributed by atoms with E-state index >= 15 is 0 Å². The fraction of sp³-hybridized carbons (Fsp3) is 0.533. The van der Waals surface area contributed by atoms with E-state index in [0.29, 0.717) is 18.7 Å². The molecule has 1 aliphatic rings. The summed E-state index contributed by atoms with van der Waals surface area (Å²) in [6.45, 7) is 5.18. The maximum atomic E-state index is 12.6. The molecule has 1 aliphatic heterocycles. The van der Waals surface area contributed by atoms with Crippen molar-refractivity contribution >= 4 is 18.3 Å². The Bertz CT molecular complexity index is 499. The maximum absolute atomic E-state index is 12.6. The Morgan fingerprint density at radius 3 is 2.14 bits per heavy atom. The highest BCUT2D eigenvalue weighted by molar-refractivity contribution is 5.85. The van der Waals surface area contributed by atoms with Gasteiger partial charge in [-0.3, -0.25) is 4.79 Å². The summed E-state index contributed by atoms with van der Waals surface area (Å²) in [5, 5.41) is 5.96. The SMILES string of the molecule is CC(C)C(NC(=O)C1CNC1)c1ccc(C(F)(F)F)cc1.Cl. The van der Waals surface area contributed by atoms with Crippen LogP contribution in [0, 0.1) is 11.8 Å². The van der Waals surface area contributed by atoms with Crippen LogP contribution in [0.4, 0.5) is 13.2 Å². The standard InChI is InChI=1S/C15H19F3N2O.ClH/c1-9(2)13(20-14(21)11-7-19-8-11)10-3-5-12(6-4-10)15(16,17)18;/h3-6,9,11,13,19H,7-8H2,1-2H3,(H,20,21);1H. The van der Waals surface area contributed by atoms with E-state index in [1.807, 2.05) is 13.8 Å². The number of hydrogen-bond donors (Lipinski definition) is 2. The van der Waals surface area contributed by atoms with Gasteiger partial charge >= 0.3 is 6.18 Å². The molecule has 22 heavy (non-hydrogen) atoms. The molecule has 1 aromatic carbocycles. The highest BCUT2D eigenvalue weighted by Crippen LogP contribution is 2.31. The molecule has 0 spiro atoms. The molecule has 1 heterocycles. The second-order valence-electron chi connectivity index (χ2n) is 5.71. The van der Waals surface area contributed by atoms with Gasteiger partial charge in [0.15, 0.2) is 0 Å². The van der Waals surface area contributed by atoms with Crippen LogP contribution >= 0.6 is 12.4 Å². The van der Waals surface area contributed by atoms with E-state index in [0.717, 1.165) is 12.1 Å². The molecule has 2 rings (SSSR count). The number of rotatable bonds is 4. The number of hydrogen-bond acceptors (Lipinski definition) is 2. The number of carbonyl (C=O) groups is 1. The van der Waals surface area contributed by atoms with Crippen LogP contribution in [-0.2, 0) is 11.0 Å². The molecule has 1 aromatic rings. The molecule has 3 nitrogen and oxygen atoms in total. The van der Waals surface area contributed by atoms with E-state index in [2.05, 4.69) is 10.6 Å². The number of benzene rings is 1. The monoisotopic (exact) mass is 336 g/mol. The number of halogens is 4.